The molecule has 0 aromatic heterocycles. The number of amides is 1. The Labute approximate surface area is 152 Å². The average Bonchev–Trinajstić information content (AvgIpc) is 2.62. The number of nitrogens with one attached hydrogen (secondary N) is 1. The highest BCUT2D eigenvalue weighted by molar-refractivity contribution is 5.78. The quantitative estimate of drug-likeness (QED) is 0.864. The van der Waals surface area contributed by atoms with Gasteiger partial charge in [-0.3, -0.25) is 9.69 Å². The van der Waals surface area contributed by atoms with E-state index in [1.165, 1.54) is 37.1 Å². The van der Waals surface area contributed by atoms with Crippen LogP contribution < -0.4 is 11.1 Å². The lowest BCUT2D eigenvalue weighted by molar-refractivity contribution is -0.126. The zero-order chi connectivity index (χ0) is 17.6. The number of nitrogens with two attached hydrogens (primary N) is 1. The highest BCUT2D eigenvalue weighted by Crippen LogP contribution is 2.23. The predicted molar refractivity (Wildman–Crippen MR) is 102 cm³/mol. The monoisotopic (exact) mass is 343 g/mol. The topological polar surface area (TPSA) is 58.4 Å². The number of benzene rings is 1. The molecule has 1 heterocycles. The van der Waals surface area contributed by atoms with Crippen LogP contribution in [-0.2, 0) is 17.9 Å². The summed E-state index contributed by atoms with van der Waals surface area (Å²) in [7, 11) is 0. The molecule has 3 rings (SSSR count). The normalized spacial score (nSPS) is 25.7. The first kappa shape index (κ1) is 18.4. The second-order valence-electron chi connectivity index (χ2n) is 8.12. The van der Waals surface area contributed by atoms with Crippen LogP contribution in [0.4, 0.5) is 0 Å². The molecule has 2 aliphatic rings. The molecule has 4 heteroatoms. The highest BCUT2D eigenvalue weighted by atomic mass is 16.1. The lowest BCUT2D eigenvalue weighted by atomic mass is 9.85. The zero-order valence-corrected chi connectivity index (χ0v) is 15.5. The van der Waals surface area contributed by atoms with E-state index in [1.807, 2.05) is 0 Å². The zero-order valence-electron chi connectivity index (χ0n) is 15.5. The smallest absolute Gasteiger partial charge is 0.223 e. The average molecular weight is 344 g/mol. The Morgan fingerprint density at radius 1 is 1.20 bits per heavy atom. The van der Waals surface area contributed by atoms with Gasteiger partial charge in [-0.2, -0.15) is 0 Å². The van der Waals surface area contributed by atoms with Gasteiger partial charge in [0.25, 0.3) is 0 Å². The van der Waals surface area contributed by atoms with Crippen molar-refractivity contribution >= 4 is 5.91 Å². The molecule has 0 spiro atoms. The van der Waals surface area contributed by atoms with Gasteiger partial charge < -0.3 is 11.1 Å². The molecule has 1 saturated carbocycles. The van der Waals surface area contributed by atoms with E-state index in [0.717, 1.165) is 38.1 Å². The van der Waals surface area contributed by atoms with Crippen molar-refractivity contribution in [2.75, 3.05) is 13.1 Å². The molecule has 2 unspecified atom stereocenters. The molecule has 0 bridgehead atoms. The van der Waals surface area contributed by atoms with Crippen molar-refractivity contribution in [2.24, 2.45) is 17.6 Å². The summed E-state index contributed by atoms with van der Waals surface area (Å²) in [4.78, 5) is 14.9. The molecule has 1 aromatic rings. The van der Waals surface area contributed by atoms with Crippen molar-refractivity contribution in [3.8, 4) is 0 Å². The largest absolute Gasteiger partial charge is 0.352 e. The third-order valence-corrected chi connectivity index (χ3v) is 5.83. The van der Waals surface area contributed by atoms with Gasteiger partial charge in [0.1, 0.15) is 0 Å². The molecule has 2 atom stereocenters. The number of carbonyl (C=O) groups excluding carboxylic acids is 1. The summed E-state index contributed by atoms with van der Waals surface area (Å²) in [6.07, 6.45) is 6.55. The fraction of sp³-hybridized carbons (Fsp3) is 0.667. The van der Waals surface area contributed by atoms with E-state index in [-0.39, 0.29) is 17.9 Å². The Balaban J connectivity index is 1.48. The van der Waals surface area contributed by atoms with E-state index in [1.54, 1.807) is 0 Å². The molecule has 0 radical (unpaired) electrons. The Kier molecular flexibility index (Phi) is 6.49. The van der Waals surface area contributed by atoms with E-state index < -0.39 is 0 Å². The Morgan fingerprint density at radius 2 is 1.96 bits per heavy atom. The van der Waals surface area contributed by atoms with Crippen molar-refractivity contribution in [2.45, 2.75) is 64.6 Å². The maximum Gasteiger partial charge on any atom is 0.223 e. The van der Waals surface area contributed by atoms with Gasteiger partial charge in [-0.1, -0.05) is 37.6 Å². The second-order valence-corrected chi connectivity index (χ2v) is 8.12. The third-order valence-electron chi connectivity index (χ3n) is 5.83. The van der Waals surface area contributed by atoms with Gasteiger partial charge in [0.15, 0.2) is 0 Å². The summed E-state index contributed by atoms with van der Waals surface area (Å²) >= 11 is 0. The number of carbonyl (C=O) groups is 1. The van der Waals surface area contributed by atoms with Crippen molar-refractivity contribution in [1.29, 1.82) is 0 Å². The summed E-state index contributed by atoms with van der Waals surface area (Å²) in [6.45, 7) is 6.38. The molecule has 1 amide bonds. The van der Waals surface area contributed by atoms with Gasteiger partial charge >= 0.3 is 0 Å². The molecule has 3 N–H and O–H groups in total. The highest BCUT2D eigenvalue weighted by Gasteiger charge is 2.25. The van der Waals surface area contributed by atoms with Crippen LogP contribution in [0.25, 0.3) is 0 Å². The van der Waals surface area contributed by atoms with Gasteiger partial charge in [0.05, 0.1) is 0 Å². The maximum absolute atomic E-state index is 12.4. The van der Waals surface area contributed by atoms with E-state index in [0.29, 0.717) is 6.54 Å². The van der Waals surface area contributed by atoms with E-state index >= 15 is 0 Å². The molecule has 1 saturated heterocycles. The van der Waals surface area contributed by atoms with E-state index in [4.69, 9.17) is 5.73 Å². The molecule has 138 valence electrons. The molecule has 25 heavy (non-hydrogen) atoms. The van der Waals surface area contributed by atoms with Crippen molar-refractivity contribution in [1.82, 2.24) is 10.2 Å². The van der Waals surface area contributed by atoms with Gasteiger partial charge in [-0.15, -0.1) is 0 Å². The molecule has 1 aliphatic heterocycles. The molecule has 1 aliphatic carbocycles. The fourth-order valence-electron chi connectivity index (χ4n) is 4.12. The van der Waals surface area contributed by atoms with Crippen LogP contribution in [-0.4, -0.2) is 29.9 Å². The summed E-state index contributed by atoms with van der Waals surface area (Å²) in [5, 5.41) is 3.12. The Bertz CT molecular complexity index is 566. The van der Waals surface area contributed by atoms with Gasteiger partial charge in [-0.25, -0.2) is 0 Å². The van der Waals surface area contributed by atoms with Crippen LogP contribution in [0.15, 0.2) is 24.3 Å². The van der Waals surface area contributed by atoms with Crippen LogP contribution in [0.2, 0.25) is 0 Å². The lowest BCUT2D eigenvalue weighted by Gasteiger charge is -2.30. The number of piperidine rings is 1. The van der Waals surface area contributed by atoms with Crippen molar-refractivity contribution in [3.63, 3.8) is 0 Å². The first-order valence-corrected chi connectivity index (χ1v) is 9.93. The molecule has 2 fully saturated rings. The summed E-state index contributed by atoms with van der Waals surface area (Å²) < 4.78 is 0. The summed E-state index contributed by atoms with van der Waals surface area (Å²) in [5.41, 5.74) is 8.54. The maximum atomic E-state index is 12.4. The van der Waals surface area contributed by atoms with Crippen LogP contribution in [0.3, 0.4) is 0 Å². The van der Waals surface area contributed by atoms with E-state index in [9.17, 15) is 4.79 Å². The Hall–Kier alpha value is -1.39. The number of nitrogens with zero attached hydrogens (tertiary/aromatic N) is 1. The minimum atomic E-state index is 0.0993. The number of rotatable bonds is 5. The fourth-order valence-corrected chi connectivity index (χ4v) is 4.12. The van der Waals surface area contributed by atoms with E-state index in [2.05, 4.69) is 41.4 Å². The minimum absolute atomic E-state index is 0.0993. The SMILES string of the molecule is CC1CCN(Cc2cccc(CNC(=O)C3CCCC(N)C3)c2)CC1. The predicted octanol–water partition coefficient (Wildman–Crippen LogP) is 3.05. The first-order valence-electron chi connectivity index (χ1n) is 9.93. The van der Waals surface area contributed by atoms with Gasteiger partial charge in [0, 0.05) is 25.0 Å². The number of likely N-dealkylation sites (tertiary alicyclic amines) is 1. The molecular weight excluding hydrogens is 310 g/mol. The second kappa shape index (κ2) is 8.81. The standard InChI is InChI=1S/C21H33N3O/c1-16-8-10-24(11-9-16)15-18-5-2-4-17(12-18)14-23-21(25)19-6-3-7-20(22)13-19/h2,4-5,12,16,19-20H,3,6-11,13-15,22H2,1H3,(H,23,25). The van der Waals surface area contributed by atoms with Gasteiger partial charge in [-0.05, 0) is 62.2 Å². The Morgan fingerprint density at radius 3 is 2.72 bits per heavy atom. The number of hydrogen-bond acceptors (Lipinski definition) is 3. The van der Waals surface area contributed by atoms with Crippen molar-refractivity contribution < 1.29 is 4.79 Å². The first-order chi connectivity index (χ1) is 12.1. The summed E-state index contributed by atoms with van der Waals surface area (Å²) in [5.74, 6) is 1.14. The summed E-state index contributed by atoms with van der Waals surface area (Å²) in [6, 6.07) is 8.85. The van der Waals surface area contributed by atoms with Crippen LogP contribution in [0.5, 0.6) is 0 Å². The molecule has 1 aromatic carbocycles. The van der Waals surface area contributed by atoms with Crippen molar-refractivity contribution in [3.05, 3.63) is 35.4 Å². The van der Waals surface area contributed by atoms with Gasteiger partial charge in [0.2, 0.25) is 5.91 Å². The minimum Gasteiger partial charge on any atom is -0.352 e. The number of hydrogen-bond donors (Lipinski definition) is 2. The van der Waals surface area contributed by atoms with Crippen LogP contribution in [0, 0.1) is 11.8 Å². The van der Waals surface area contributed by atoms with Crippen LogP contribution >= 0.6 is 0 Å². The van der Waals surface area contributed by atoms with Crippen LogP contribution in [0.1, 0.15) is 56.6 Å². The third kappa shape index (κ3) is 5.55. The lowest BCUT2D eigenvalue weighted by Crippen LogP contribution is -2.37. The molecule has 4 nitrogen and oxygen atoms in total. The molecular formula is C21H33N3O.